The summed E-state index contributed by atoms with van der Waals surface area (Å²) in [6.07, 6.45) is -4.53. The highest BCUT2D eigenvalue weighted by Gasteiger charge is 2.31. The molecule has 1 aromatic carbocycles. The molecule has 0 aromatic heterocycles. The molecule has 1 aromatic rings. The molecular weight excluding hydrogens is 311 g/mol. The van der Waals surface area contributed by atoms with Crippen LogP contribution in [-0.4, -0.2) is 39.4 Å². The number of halogens is 3. The van der Waals surface area contributed by atoms with Crippen LogP contribution in [0.25, 0.3) is 0 Å². The maximum Gasteiger partial charge on any atom is 0.416 e. The highest BCUT2D eigenvalue weighted by Crippen LogP contribution is 2.29. The van der Waals surface area contributed by atoms with Gasteiger partial charge in [0.1, 0.15) is 0 Å². The summed E-state index contributed by atoms with van der Waals surface area (Å²) >= 11 is 0. The number of alkyl halides is 3. The fraction of sp³-hybridized carbons (Fsp3) is 0.500. The van der Waals surface area contributed by atoms with Gasteiger partial charge in [-0.05, 0) is 31.2 Å². The number of hydrogen-bond donors (Lipinski definition) is 2. The quantitative estimate of drug-likeness (QED) is 0.828. The van der Waals surface area contributed by atoms with Crippen molar-refractivity contribution in [1.82, 2.24) is 4.72 Å². The molecule has 0 amide bonds. The second kappa shape index (κ2) is 6.30. The van der Waals surface area contributed by atoms with E-state index in [4.69, 9.17) is 4.74 Å². The van der Waals surface area contributed by atoms with Gasteiger partial charge in [-0.1, -0.05) is 0 Å². The van der Waals surface area contributed by atoms with Crippen molar-refractivity contribution in [2.24, 2.45) is 0 Å². The number of hydrogen-bond acceptors (Lipinski definition) is 4. The smallest absolute Gasteiger partial charge is 0.386 e. The maximum atomic E-state index is 12.4. The van der Waals surface area contributed by atoms with Crippen LogP contribution in [0.4, 0.5) is 13.2 Å². The minimum atomic E-state index is -4.53. The van der Waals surface area contributed by atoms with Crippen molar-refractivity contribution in [3.05, 3.63) is 29.8 Å². The maximum absolute atomic E-state index is 12.4. The first kappa shape index (κ1) is 17.9. The molecule has 0 fully saturated rings. The molecule has 2 N–H and O–H groups in total. The molecule has 0 aliphatic carbocycles. The van der Waals surface area contributed by atoms with Crippen LogP contribution in [-0.2, 0) is 20.9 Å². The van der Waals surface area contributed by atoms with Gasteiger partial charge in [0.05, 0.1) is 22.7 Å². The van der Waals surface area contributed by atoms with Gasteiger partial charge in [0.25, 0.3) is 0 Å². The van der Waals surface area contributed by atoms with Gasteiger partial charge in [0.15, 0.2) is 0 Å². The Kier molecular flexibility index (Phi) is 5.37. The Hall–Kier alpha value is -1.16. The van der Waals surface area contributed by atoms with Gasteiger partial charge >= 0.3 is 6.18 Å². The zero-order valence-corrected chi connectivity index (χ0v) is 12.3. The molecule has 0 saturated carbocycles. The van der Waals surface area contributed by atoms with Crippen LogP contribution in [0, 0.1) is 0 Å². The van der Waals surface area contributed by atoms with Crippen LogP contribution in [0.15, 0.2) is 29.2 Å². The number of aliphatic hydroxyl groups is 1. The molecule has 21 heavy (non-hydrogen) atoms. The summed E-state index contributed by atoms with van der Waals surface area (Å²) < 4.78 is 67.8. The number of sulfonamides is 1. The summed E-state index contributed by atoms with van der Waals surface area (Å²) in [5, 5.41) is 9.77. The first-order chi connectivity index (χ1) is 9.48. The second-order valence-electron chi connectivity index (χ2n) is 4.78. The van der Waals surface area contributed by atoms with Gasteiger partial charge in [0, 0.05) is 13.7 Å². The van der Waals surface area contributed by atoms with Gasteiger partial charge in [-0.25, -0.2) is 13.1 Å². The fourth-order valence-corrected chi connectivity index (χ4v) is 2.68. The standard InChI is InChI=1S/C12H16F3NO4S/c1-11(17,8-20-2)7-16-21(18,19)10-5-3-9(4-6-10)12(13,14)15/h3-6,16-17H,7-8H2,1-2H3. The predicted octanol–water partition coefficient (Wildman–Crippen LogP) is 1.38. The summed E-state index contributed by atoms with van der Waals surface area (Å²) in [6.45, 7) is 0.943. The van der Waals surface area contributed by atoms with Crippen LogP contribution < -0.4 is 4.72 Å². The first-order valence-electron chi connectivity index (χ1n) is 5.86. The molecule has 5 nitrogen and oxygen atoms in total. The van der Waals surface area contributed by atoms with E-state index in [0.717, 1.165) is 12.1 Å². The van der Waals surface area contributed by atoms with Crippen LogP contribution in [0.5, 0.6) is 0 Å². The first-order valence-corrected chi connectivity index (χ1v) is 7.34. The van der Waals surface area contributed by atoms with E-state index in [2.05, 4.69) is 4.72 Å². The zero-order valence-electron chi connectivity index (χ0n) is 11.4. The summed E-state index contributed by atoms with van der Waals surface area (Å²) in [6, 6.07) is 3.08. The van der Waals surface area contributed by atoms with Gasteiger partial charge in [-0.3, -0.25) is 0 Å². The molecule has 0 aliphatic rings. The lowest BCUT2D eigenvalue weighted by atomic mass is 10.1. The number of benzene rings is 1. The predicted molar refractivity (Wildman–Crippen MR) is 69.1 cm³/mol. The summed E-state index contributed by atoms with van der Waals surface area (Å²) in [5.41, 5.74) is -2.36. The van der Waals surface area contributed by atoms with E-state index in [1.807, 2.05) is 0 Å². The number of ether oxygens (including phenoxy) is 1. The van der Waals surface area contributed by atoms with Crippen molar-refractivity contribution in [3.8, 4) is 0 Å². The van der Waals surface area contributed by atoms with Gasteiger partial charge in [0.2, 0.25) is 10.0 Å². The van der Waals surface area contributed by atoms with Crippen molar-refractivity contribution in [3.63, 3.8) is 0 Å². The minimum Gasteiger partial charge on any atom is -0.386 e. The average Bonchev–Trinajstić information content (AvgIpc) is 2.36. The number of nitrogens with one attached hydrogen (secondary N) is 1. The topological polar surface area (TPSA) is 75.6 Å². The third kappa shape index (κ3) is 5.27. The fourth-order valence-electron chi connectivity index (χ4n) is 1.52. The summed E-state index contributed by atoms with van der Waals surface area (Å²) in [7, 11) is -2.66. The van der Waals surface area contributed by atoms with E-state index in [-0.39, 0.29) is 18.0 Å². The van der Waals surface area contributed by atoms with Crippen LogP contribution in [0.2, 0.25) is 0 Å². The Morgan fingerprint density at radius 2 is 1.76 bits per heavy atom. The Morgan fingerprint density at radius 1 is 1.24 bits per heavy atom. The van der Waals surface area contributed by atoms with E-state index in [1.54, 1.807) is 0 Å². The molecule has 0 bridgehead atoms. The Bertz CT molecular complexity index is 567. The van der Waals surface area contributed by atoms with E-state index in [0.29, 0.717) is 12.1 Å². The monoisotopic (exact) mass is 327 g/mol. The van der Waals surface area contributed by atoms with Crippen molar-refractivity contribution >= 4 is 10.0 Å². The van der Waals surface area contributed by atoms with Crippen LogP contribution in [0.3, 0.4) is 0 Å². The van der Waals surface area contributed by atoms with Crippen LogP contribution in [0.1, 0.15) is 12.5 Å². The third-order valence-corrected chi connectivity index (χ3v) is 4.01. The normalized spacial score (nSPS) is 15.7. The molecule has 1 atom stereocenters. The molecular formula is C12H16F3NO4S. The molecule has 0 heterocycles. The zero-order chi connectivity index (χ0) is 16.3. The molecule has 1 unspecified atom stereocenters. The van der Waals surface area contributed by atoms with Crippen molar-refractivity contribution in [2.75, 3.05) is 20.3 Å². The van der Waals surface area contributed by atoms with E-state index < -0.39 is 27.4 Å². The molecule has 0 radical (unpaired) electrons. The number of rotatable bonds is 6. The lowest BCUT2D eigenvalue weighted by Gasteiger charge is -2.22. The van der Waals surface area contributed by atoms with E-state index >= 15 is 0 Å². The van der Waals surface area contributed by atoms with Crippen molar-refractivity contribution in [1.29, 1.82) is 0 Å². The molecule has 0 saturated heterocycles. The summed E-state index contributed by atoms with van der Waals surface area (Å²) in [4.78, 5) is -0.316. The van der Waals surface area contributed by atoms with E-state index in [9.17, 15) is 26.7 Å². The SMILES string of the molecule is COCC(C)(O)CNS(=O)(=O)c1ccc(C(F)(F)F)cc1. The average molecular weight is 327 g/mol. The molecule has 1 rings (SSSR count). The minimum absolute atomic E-state index is 0.0947. The molecule has 0 aliphatic heterocycles. The van der Waals surface area contributed by atoms with Gasteiger partial charge in [-0.15, -0.1) is 0 Å². The Balaban J connectivity index is 2.84. The lowest BCUT2D eigenvalue weighted by Crippen LogP contribution is -2.43. The Morgan fingerprint density at radius 3 is 2.19 bits per heavy atom. The number of methoxy groups -OCH3 is 1. The molecule has 0 spiro atoms. The highest BCUT2D eigenvalue weighted by atomic mass is 32.2. The molecule has 120 valence electrons. The highest BCUT2D eigenvalue weighted by molar-refractivity contribution is 7.89. The van der Waals surface area contributed by atoms with Crippen LogP contribution >= 0.6 is 0 Å². The second-order valence-corrected chi connectivity index (χ2v) is 6.54. The molecule has 9 heteroatoms. The van der Waals surface area contributed by atoms with Crippen molar-refractivity contribution < 1.29 is 31.4 Å². The van der Waals surface area contributed by atoms with Gasteiger partial charge in [-0.2, -0.15) is 13.2 Å². The largest absolute Gasteiger partial charge is 0.416 e. The van der Waals surface area contributed by atoms with Gasteiger partial charge < -0.3 is 9.84 Å². The van der Waals surface area contributed by atoms with Crippen molar-refractivity contribution in [2.45, 2.75) is 23.6 Å². The third-order valence-electron chi connectivity index (χ3n) is 2.59. The Labute approximate surface area is 120 Å². The lowest BCUT2D eigenvalue weighted by molar-refractivity contribution is -0.137. The van der Waals surface area contributed by atoms with E-state index in [1.165, 1.54) is 14.0 Å². The summed E-state index contributed by atoms with van der Waals surface area (Å²) in [5.74, 6) is 0.